The van der Waals surface area contributed by atoms with Crippen molar-refractivity contribution in [2.45, 2.75) is 41.5 Å². The van der Waals surface area contributed by atoms with Crippen LogP contribution in [0.15, 0.2) is 71.6 Å². The zero-order chi connectivity index (χ0) is 54.5. The molecule has 4 aromatic rings. The van der Waals surface area contributed by atoms with Crippen LogP contribution in [-0.4, -0.2) is 64.8 Å². The van der Waals surface area contributed by atoms with E-state index >= 15 is 0 Å². The van der Waals surface area contributed by atoms with Crippen LogP contribution in [-0.2, 0) is 8.43 Å². The molecule has 0 aromatic heterocycles. The van der Waals surface area contributed by atoms with Gasteiger partial charge in [-0.2, -0.15) is 0 Å². The quantitative estimate of drug-likeness (QED) is 0.0503. The van der Waals surface area contributed by atoms with E-state index in [1.807, 2.05) is 0 Å². The molecule has 0 radical (unpaired) electrons. The molecule has 4 aromatic carbocycles. The van der Waals surface area contributed by atoms with Crippen molar-refractivity contribution in [2.75, 3.05) is 47.6 Å². The molecule has 4 aliphatic heterocycles. The number of fused-ring (bicyclic) bond motifs is 4. The Morgan fingerprint density at radius 2 is 0.389 bits per heavy atom. The third kappa shape index (κ3) is 12.7. The summed E-state index contributed by atoms with van der Waals surface area (Å²) in [5.41, 5.74) is 0. The number of halogens is 20. The van der Waals surface area contributed by atoms with E-state index in [2.05, 4.69) is 296 Å². The average molecular weight is 2190 g/mol. The van der Waals surface area contributed by atoms with Crippen LogP contribution in [0.2, 0.25) is 0 Å². The average Bonchev–Trinajstić information content (AvgIpc) is 4.11. The molecule has 404 valence electrons. The monoisotopic (exact) mass is 2170 g/mol. The van der Waals surface area contributed by atoms with Gasteiger partial charge in [0.25, 0.3) is 0 Å². The van der Waals surface area contributed by atoms with Gasteiger partial charge in [-0.1, -0.05) is 0 Å². The molecular weight excluding hydrogens is 2150 g/mol. The molecule has 0 unspecified atom stereocenters. The Morgan fingerprint density at radius 3 is 0.486 bits per heavy atom. The van der Waals surface area contributed by atoms with E-state index in [-0.39, 0.29) is 10.7 Å². The molecule has 8 rings (SSSR count). The molecule has 0 atom stereocenters. The van der Waals surface area contributed by atoms with Crippen molar-refractivity contribution < 1.29 is 43.8 Å². The SMILES string of the molecule is CC[P+](CC)(CC)O[Si-]12(Oc3c(Br)c(Br)c(Br)c(Br)c3O1)Oc1c(Br)c(Br)c(Br)c(Br)c1O2.CC[P+](CC)(CC)O[Si-]12(Oc3c(Br)c(Br)c(Br)c(Br)c3O1)Oc1c(Br)c(Br)c(Br)c(Br)c1O2.ClCCl.ClCCl. The van der Waals surface area contributed by atoms with Crippen molar-refractivity contribution in [1.82, 2.24) is 0 Å². The van der Waals surface area contributed by atoms with Gasteiger partial charge >= 0.3 is 527 Å². The standard InChI is InChI=1S/2C18H15Br8O5PSi.2CH2Cl2/c2*1-4-32(5-2,6-3)31-33(27-15-11(23)7(19)8(20)12(24)16(15)28-33)29-17-13(25)9(21)10(22)14(26)18(17)30-33;2*2-1-3/h2*4-6H2,1-3H3;2*1H2. The van der Waals surface area contributed by atoms with Crippen molar-refractivity contribution in [2.24, 2.45) is 0 Å². The van der Waals surface area contributed by atoms with Gasteiger partial charge in [-0.3, -0.25) is 0 Å². The van der Waals surface area contributed by atoms with Crippen LogP contribution >= 0.6 is 316 Å². The van der Waals surface area contributed by atoms with Gasteiger partial charge in [0.05, 0.1) is 10.7 Å². The molecule has 4 aliphatic rings. The zero-order valence-corrected chi connectivity index (χ0v) is 69.4. The molecule has 34 heteroatoms. The molecule has 0 fully saturated rings. The molecule has 0 bridgehead atoms. The van der Waals surface area contributed by atoms with Crippen LogP contribution in [0.25, 0.3) is 0 Å². The number of hydrogen-bond donors (Lipinski definition) is 0. The molecule has 2 spiro atoms. The normalized spacial score (nSPS) is 17.4. The number of benzene rings is 4. The minimum atomic E-state index is -5.05. The van der Waals surface area contributed by atoms with Crippen LogP contribution in [0.3, 0.4) is 0 Å². The van der Waals surface area contributed by atoms with Gasteiger partial charge in [-0.15, -0.1) is 46.4 Å². The fourth-order valence-electron chi connectivity index (χ4n) is 7.19. The fourth-order valence-corrected chi connectivity index (χ4v) is 34.0. The molecule has 0 saturated heterocycles. The molecule has 0 aliphatic carbocycles. The van der Waals surface area contributed by atoms with E-state index in [1.54, 1.807) is 0 Å². The van der Waals surface area contributed by atoms with Crippen LogP contribution in [0.5, 0.6) is 46.0 Å². The smallest absolute Gasteiger partial charge is 0.0967 e. The van der Waals surface area contributed by atoms with E-state index in [0.717, 1.165) is 72.8 Å². The van der Waals surface area contributed by atoms with E-state index in [9.17, 15) is 0 Å². The Balaban J connectivity index is 0.000000241. The Bertz CT molecular complexity index is 2290. The van der Waals surface area contributed by atoms with Crippen LogP contribution in [0, 0.1) is 0 Å². The van der Waals surface area contributed by atoms with Gasteiger partial charge in [0, 0.05) is 0 Å². The van der Waals surface area contributed by atoms with Crippen LogP contribution < -0.4 is 35.4 Å². The first-order valence-corrected chi connectivity index (χ1v) is 43.7. The summed E-state index contributed by atoms with van der Waals surface area (Å²) >= 11 is 76.7. The molecule has 10 nitrogen and oxygen atoms in total. The topological polar surface area (TPSA) is 92.3 Å². The summed E-state index contributed by atoms with van der Waals surface area (Å²) in [5.74, 6) is 3.48. The van der Waals surface area contributed by atoms with Crippen LogP contribution in [0.1, 0.15) is 41.5 Å². The Kier molecular flexibility index (Phi) is 25.3. The second-order valence-electron chi connectivity index (χ2n) is 14.5. The van der Waals surface area contributed by atoms with E-state index in [4.69, 9.17) is 90.2 Å². The third-order valence-corrected chi connectivity index (χ3v) is 46.5. The Morgan fingerprint density at radius 1 is 0.278 bits per heavy atom. The minimum absolute atomic E-state index is 0.194. The minimum Gasteiger partial charge on any atom is -0.109 e. The molecular formula is C38H34Br16Cl4O10P2Si2. The van der Waals surface area contributed by atoms with Gasteiger partial charge in [0.15, 0.2) is 0 Å². The zero-order valence-electron chi connectivity index (χ0n) is 37.2. The number of rotatable bonds is 10. The van der Waals surface area contributed by atoms with Gasteiger partial charge in [-0.25, -0.2) is 0 Å². The first-order chi connectivity index (χ1) is 33.6. The second-order valence-corrected chi connectivity index (χ2v) is 43.3. The maximum Gasteiger partial charge on any atom is 0.0967 e. The maximum atomic E-state index is 6.96. The molecule has 0 saturated carbocycles. The molecule has 0 N–H and O–H groups in total. The van der Waals surface area contributed by atoms with Crippen molar-refractivity contribution in [1.29, 1.82) is 0 Å². The van der Waals surface area contributed by atoms with Gasteiger partial charge in [0.2, 0.25) is 0 Å². The summed E-state index contributed by atoms with van der Waals surface area (Å²) in [6.07, 6.45) is 4.92. The van der Waals surface area contributed by atoms with Gasteiger partial charge in [-0.05, 0) is 0 Å². The number of alkyl halides is 4. The molecule has 0 amide bonds. The maximum absolute atomic E-state index is 6.96. The summed E-state index contributed by atoms with van der Waals surface area (Å²) in [6.45, 7) is 12.7. The summed E-state index contributed by atoms with van der Waals surface area (Å²) in [7, 11) is -14.1. The Hall–Kier alpha value is 5.33. The summed E-state index contributed by atoms with van der Waals surface area (Å²) in [4.78, 5) is 0. The van der Waals surface area contributed by atoms with Crippen LogP contribution in [0.4, 0.5) is 0 Å². The predicted molar refractivity (Wildman–Crippen MR) is 358 cm³/mol. The Labute approximate surface area is 574 Å². The van der Waals surface area contributed by atoms with Gasteiger partial charge in [0.1, 0.15) is 0 Å². The van der Waals surface area contributed by atoms with Crippen molar-refractivity contribution in [3.05, 3.63) is 71.6 Å². The first kappa shape index (κ1) is 68.1. The van der Waals surface area contributed by atoms with E-state index in [1.165, 1.54) is 0 Å². The summed E-state index contributed by atoms with van der Waals surface area (Å²) in [5, 5.41) is 0.389. The van der Waals surface area contributed by atoms with E-state index < -0.39 is 32.1 Å². The summed E-state index contributed by atoms with van der Waals surface area (Å²) < 4.78 is 78.1. The largest absolute Gasteiger partial charge is 0.109 e. The first-order valence-electron chi connectivity index (χ1n) is 20.3. The van der Waals surface area contributed by atoms with E-state index in [0.29, 0.717) is 81.8 Å². The molecule has 4 heterocycles. The summed E-state index contributed by atoms with van der Waals surface area (Å²) in [6, 6.07) is 0. The van der Waals surface area contributed by atoms with Crippen molar-refractivity contribution in [3.8, 4) is 46.0 Å². The number of hydrogen-bond acceptors (Lipinski definition) is 10. The second kappa shape index (κ2) is 26.7. The van der Waals surface area contributed by atoms with Gasteiger partial charge < -0.3 is 0 Å². The predicted octanol–water partition coefficient (Wildman–Crippen LogP) is 24.7. The molecule has 72 heavy (non-hydrogen) atoms. The van der Waals surface area contributed by atoms with Crippen molar-refractivity contribution in [3.63, 3.8) is 0 Å². The third-order valence-electron chi connectivity index (χ3n) is 11.0. The fraction of sp³-hybridized carbons (Fsp3) is 0.368. The van der Waals surface area contributed by atoms with Crippen molar-refractivity contribution >= 4 is 333 Å².